The van der Waals surface area contributed by atoms with E-state index in [4.69, 9.17) is 0 Å². The Bertz CT molecular complexity index is 237. The average Bonchev–Trinajstić information content (AvgIpc) is 2.04. The lowest BCUT2D eigenvalue weighted by Gasteiger charge is -2.28. The van der Waals surface area contributed by atoms with Crippen molar-refractivity contribution < 1.29 is 4.84 Å². The fraction of sp³-hybridized carbons (Fsp3) is 0.250. The van der Waals surface area contributed by atoms with Crippen molar-refractivity contribution in [2.75, 3.05) is 12.3 Å². The number of nitrogens with zero attached hydrogens (tertiary/aromatic N) is 1. The summed E-state index contributed by atoms with van der Waals surface area (Å²) in [6.07, 6.45) is 0. The van der Waals surface area contributed by atoms with Gasteiger partial charge in [0.05, 0.1) is 12.8 Å². The lowest BCUT2D eigenvalue weighted by molar-refractivity contribution is 0.197. The maximum Gasteiger partial charge on any atom is 0.0629 e. The molecule has 1 aromatic rings. The largest absolute Gasteiger partial charge is 0.733 e. The highest BCUT2D eigenvalue weighted by Gasteiger charge is 1.95. The summed E-state index contributed by atoms with van der Waals surface area (Å²) >= 11 is 0. The van der Waals surface area contributed by atoms with Crippen molar-refractivity contribution in [2.45, 2.75) is 6.92 Å². The van der Waals surface area contributed by atoms with Gasteiger partial charge in [0.2, 0.25) is 0 Å². The summed E-state index contributed by atoms with van der Waals surface area (Å²) in [6, 6.07) is 7.25. The Balaban J connectivity index is 2.93. The van der Waals surface area contributed by atoms with Crippen molar-refractivity contribution in [1.82, 2.24) is 0 Å². The Hall–Kier alpha value is -1.06. The number of para-hydroxylation sites is 1. The van der Waals surface area contributed by atoms with Gasteiger partial charge in [-0.25, -0.2) is 0 Å². The second kappa shape index (κ2) is 3.37. The molecule has 0 atom stereocenters. The SMILES string of the molecule is CON([O-])c1ccccc1C. The van der Waals surface area contributed by atoms with Gasteiger partial charge in [-0.05, 0) is 18.6 Å². The fourth-order valence-electron chi connectivity index (χ4n) is 0.867. The van der Waals surface area contributed by atoms with E-state index in [1.165, 1.54) is 7.11 Å². The van der Waals surface area contributed by atoms with Crippen molar-refractivity contribution >= 4 is 5.69 Å². The first-order valence-corrected chi connectivity index (χ1v) is 3.32. The van der Waals surface area contributed by atoms with Crippen molar-refractivity contribution in [3.05, 3.63) is 35.0 Å². The Labute approximate surface area is 65.7 Å². The van der Waals surface area contributed by atoms with E-state index in [0.717, 1.165) is 5.56 Å². The molecule has 3 heteroatoms. The summed E-state index contributed by atoms with van der Waals surface area (Å²) in [4.78, 5) is 4.49. The fourth-order valence-corrected chi connectivity index (χ4v) is 0.867. The van der Waals surface area contributed by atoms with E-state index in [0.29, 0.717) is 10.9 Å². The number of rotatable bonds is 2. The smallest absolute Gasteiger partial charge is 0.0629 e. The van der Waals surface area contributed by atoms with E-state index in [2.05, 4.69) is 4.84 Å². The van der Waals surface area contributed by atoms with Crippen LogP contribution in [0.4, 0.5) is 5.69 Å². The van der Waals surface area contributed by atoms with Crippen LogP contribution in [0, 0.1) is 12.1 Å². The molecule has 0 heterocycles. The van der Waals surface area contributed by atoms with Crippen LogP contribution < -0.4 is 5.23 Å². The molecule has 0 aliphatic heterocycles. The predicted octanol–water partition coefficient (Wildman–Crippen LogP) is 1.86. The highest BCUT2D eigenvalue weighted by molar-refractivity contribution is 5.51. The quantitative estimate of drug-likeness (QED) is 0.607. The van der Waals surface area contributed by atoms with Gasteiger partial charge < -0.3 is 10.4 Å². The van der Waals surface area contributed by atoms with E-state index >= 15 is 0 Å². The first kappa shape index (κ1) is 8.04. The average molecular weight is 152 g/mol. The molecule has 0 bridgehead atoms. The summed E-state index contributed by atoms with van der Waals surface area (Å²) in [5.41, 5.74) is 1.46. The van der Waals surface area contributed by atoms with E-state index < -0.39 is 0 Å². The Morgan fingerprint density at radius 2 is 2.00 bits per heavy atom. The number of aryl methyl sites for hydroxylation is 1. The minimum atomic E-state index is 0.495. The van der Waals surface area contributed by atoms with Crippen LogP contribution in [0.25, 0.3) is 0 Å². The zero-order valence-electron chi connectivity index (χ0n) is 6.57. The van der Waals surface area contributed by atoms with Gasteiger partial charge in [-0.15, -0.1) is 0 Å². The van der Waals surface area contributed by atoms with E-state index in [-0.39, 0.29) is 0 Å². The van der Waals surface area contributed by atoms with E-state index in [1.54, 1.807) is 12.1 Å². The number of hydrogen-bond donors (Lipinski definition) is 0. The monoisotopic (exact) mass is 152 g/mol. The number of anilines is 1. The molecule has 1 aromatic carbocycles. The molecule has 0 aromatic heterocycles. The Morgan fingerprint density at radius 3 is 2.55 bits per heavy atom. The van der Waals surface area contributed by atoms with Crippen molar-refractivity contribution in [3.63, 3.8) is 0 Å². The molecular weight excluding hydrogens is 142 g/mol. The van der Waals surface area contributed by atoms with Gasteiger partial charge in [0, 0.05) is 0 Å². The maximum absolute atomic E-state index is 10.9. The van der Waals surface area contributed by atoms with Crippen LogP contribution in [-0.4, -0.2) is 7.11 Å². The third-order valence-electron chi connectivity index (χ3n) is 1.48. The van der Waals surface area contributed by atoms with Crippen LogP contribution in [0.3, 0.4) is 0 Å². The second-order valence-corrected chi connectivity index (χ2v) is 2.23. The minimum Gasteiger partial charge on any atom is -0.733 e. The molecule has 0 spiro atoms. The van der Waals surface area contributed by atoms with Crippen molar-refractivity contribution in [2.24, 2.45) is 0 Å². The van der Waals surface area contributed by atoms with Crippen LogP contribution in [0.15, 0.2) is 24.3 Å². The molecule has 0 saturated heterocycles. The molecule has 60 valence electrons. The molecule has 0 unspecified atom stereocenters. The zero-order chi connectivity index (χ0) is 8.27. The van der Waals surface area contributed by atoms with Crippen LogP contribution >= 0.6 is 0 Å². The van der Waals surface area contributed by atoms with Gasteiger partial charge in [0.15, 0.2) is 0 Å². The van der Waals surface area contributed by atoms with Crippen LogP contribution in [-0.2, 0) is 4.84 Å². The van der Waals surface area contributed by atoms with Crippen LogP contribution in [0.5, 0.6) is 0 Å². The summed E-state index contributed by atoms with van der Waals surface area (Å²) in [5.74, 6) is 0. The molecule has 11 heavy (non-hydrogen) atoms. The molecule has 0 fully saturated rings. The Morgan fingerprint density at radius 1 is 1.36 bits per heavy atom. The summed E-state index contributed by atoms with van der Waals surface area (Å²) in [5, 5.41) is 11.4. The lowest BCUT2D eigenvalue weighted by atomic mass is 10.2. The van der Waals surface area contributed by atoms with E-state index in [9.17, 15) is 5.21 Å². The van der Waals surface area contributed by atoms with Gasteiger partial charge in [0.1, 0.15) is 0 Å². The number of benzene rings is 1. The molecule has 3 nitrogen and oxygen atoms in total. The van der Waals surface area contributed by atoms with Crippen LogP contribution in [0.1, 0.15) is 5.56 Å². The molecular formula is C8H10NO2-. The van der Waals surface area contributed by atoms with Crippen molar-refractivity contribution in [1.29, 1.82) is 0 Å². The first-order chi connectivity index (χ1) is 5.25. The van der Waals surface area contributed by atoms with Gasteiger partial charge in [-0.1, -0.05) is 18.2 Å². The molecule has 0 radical (unpaired) electrons. The van der Waals surface area contributed by atoms with E-state index in [1.807, 2.05) is 19.1 Å². The van der Waals surface area contributed by atoms with Crippen LogP contribution in [0.2, 0.25) is 0 Å². The highest BCUT2D eigenvalue weighted by Crippen LogP contribution is 2.17. The normalized spacial score (nSPS) is 9.73. The summed E-state index contributed by atoms with van der Waals surface area (Å²) in [6.45, 7) is 1.86. The second-order valence-electron chi connectivity index (χ2n) is 2.23. The maximum atomic E-state index is 10.9. The summed E-state index contributed by atoms with van der Waals surface area (Å²) < 4.78 is 0. The predicted molar refractivity (Wildman–Crippen MR) is 44.0 cm³/mol. The van der Waals surface area contributed by atoms with Gasteiger partial charge in [-0.2, -0.15) is 0 Å². The highest BCUT2D eigenvalue weighted by atomic mass is 16.9. The lowest BCUT2D eigenvalue weighted by Crippen LogP contribution is -2.12. The molecule has 1 rings (SSSR count). The Kier molecular flexibility index (Phi) is 2.46. The third kappa shape index (κ3) is 1.69. The van der Waals surface area contributed by atoms with Crippen molar-refractivity contribution in [3.8, 4) is 0 Å². The molecule has 0 aliphatic rings. The molecule has 0 saturated carbocycles. The molecule has 0 amide bonds. The van der Waals surface area contributed by atoms with Gasteiger partial charge >= 0.3 is 0 Å². The van der Waals surface area contributed by atoms with Gasteiger partial charge in [-0.3, -0.25) is 4.84 Å². The zero-order valence-corrected chi connectivity index (χ0v) is 6.57. The molecule has 0 aliphatic carbocycles. The topological polar surface area (TPSA) is 35.5 Å². The number of hydrogen-bond acceptors (Lipinski definition) is 3. The minimum absolute atomic E-state index is 0.495. The van der Waals surface area contributed by atoms with Gasteiger partial charge in [0.25, 0.3) is 0 Å². The third-order valence-corrected chi connectivity index (χ3v) is 1.48. The first-order valence-electron chi connectivity index (χ1n) is 3.32. The summed E-state index contributed by atoms with van der Waals surface area (Å²) in [7, 11) is 1.35. The molecule has 0 N–H and O–H groups in total. The standard InChI is InChI=1S/C8H10NO2/c1-7-5-3-4-6-8(7)9(10)11-2/h3-6H,1-2H3/q-1.